The number of piperazine rings is 1. The van der Waals surface area contributed by atoms with Crippen molar-refractivity contribution in [2.45, 2.75) is 19.7 Å². The monoisotopic (exact) mass is 268 g/mol. The minimum absolute atomic E-state index is 0.425. The molecule has 2 heterocycles. The summed E-state index contributed by atoms with van der Waals surface area (Å²) < 4.78 is 0. The van der Waals surface area contributed by atoms with Crippen molar-refractivity contribution in [1.29, 1.82) is 0 Å². The lowest BCUT2D eigenvalue weighted by Gasteiger charge is -2.36. The summed E-state index contributed by atoms with van der Waals surface area (Å²) in [5, 5.41) is 0. The molecule has 0 spiro atoms. The number of alkyl halides is 1. The van der Waals surface area contributed by atoms with E-state index < -0.39 is 0 Å². The van der Waals surface area contributed by atoms with Crippen molar-refractivity contribution in [2.75, 3.05) is 37.6 Å². The lowest BCUT2D eigenvalue weighted by Crippen LogP contribution is -2.47. The van der Waals surface area contributed by atoms with E-state index in [-0.39, 0.29) is 0 Å². The maximum absolute atomic E-state index is 5.79. The van der Waals surface area contributed by atoms with Gasteiger partial charge in [-0.3, -0.25) is 9.88 Å². The van der Waals surface area contributed by atoms with Gasteiger partial charge in [-0.25, -0.2) is 4.98 Å². The number of hydrogen-bond acceptors (Lipinski definition) is 4. The fraction of sp³-hybridized carbons (Fsp3) is 0.692. The van der Waals surface area contributed by atoms with Crippen LogP contribution in [0.15, 0.2) is 12.4 Å². The van der Waals surface area contributed by atoms with Crippen LogP contribution in [0.1, 0.15) is 19.5 Å². The number of aromatic nitrogens is 2. The maximum atomic E-state index is 5.79. The number of hydrogen-bond donors (Lipinski definition) is 0. The standard InChI is InChI=1S/C13H21ClN4/c1-11(2)10-17-3-5-18(6-4-17)13-9-15-8-12(7-14)16-13/h8-9,11H,3-7,10H2,1-2H3. The Labute approximate surface area is 114 Å². The Morgan fingerprint density at radius 3 is 2.56 bits per heavy atom. The molecule has 0 unspecified atom stereocenters. The van der Waals surface area contributed by atoms with E-state index in [0.717, 1.165) is 43.6 Å². The molecule has 1 fully saturated rings. The van der Waals surface area contributed by atoms with Gasteiger partial charge in [-0.05, 0) is 5.92 Å². The second-order valence-corrected chi connectivity index (χ2v) is 5.45. The maximum Gasteiger partial charge on any atom is 0.147 e. The molecule has 1 aromatic heterocycles. The van der Waals surface area contributed by atoms with Crippen molar-refractivity contribution < 1.29 is 0 Å². The average Bonchev–Trinajstić information content (AvgIpc) is 2.39. The SMILES string of the molecule is CC(C)CN1CCN(c2cncc(CCl)n2)CC1. The summed E-state index contributed by atoms with van der Waals surface area (Å²) in [4.78, 5) is 13.5. The molecule has 100 valence electrons. The van der Waals surface area contributed by atoms with Gasteiger partial charge in [0.25, 0.3) is 0 Å². The summed E-state index contributed by atoms with van der Waals surface area (Å²) in [5.74, 6) is 2.11. The van der Waals surface area contributed by atoms with E-state index in [1.54, 1.807) is 6.20 Å². The largest absolute Gasteiger partial charge is 0.353 e. The van der Waals surface area contributed by atoms with Crippen LogP contribution in [0.2, 0.25) is 0 Å². The van der Waals surface area contributed by atoms with Gasteiger partial charge in [0.1, 0.15) is 5.82 Å². The Kier molecular flexibility index (Phi) is 4.78. The molecule has 18 heavy (non-hydrogen) atoms. The van der Waals surface area contributed by atoms with Crippen LogP contribution in [0, 0.1) is 5.92 Å². The molecule has 2 rings (SSSR count). The highest BCUT2D eigenvalue weighted by Crippen LogP contribution is 2.14. The van der Waals surface area contributed by atoms with Crippen LogP contribution >= 0.6 is 11.6 Å². The first kappa shape index (κ1) is 13.6. The smallest absolute Gasteiger partial charge is 0.147 e. The van der Waals surface area contributed by atoms with Gasteiger partial charge in [0.2, 0.25) is 0 Å². The Hall–Kier alpha value is -0.870. The Balaban J connectivity index is 1.92. The highest BCUT2D eigenvalue weighted by Gasteiger charge is 2.18. The van der Waals surface area contributed by atoms with Crippen molar-refractivity contribution in [1.82, 2.24) is 14.9 Å². The molecule has 0 aromatic carbocycles. The zero-order valence-electron chi connectivity index (χ0n) is 11.1. The molecule has 1 aromatic rings. The van der Waals surface area contributed by atoms with Gasteiger partial charge in [-0.1, -0.05) is 13.8 Å². The van der Waals surface area contributed by atoms with Crippen LogP contribution in [0.25, 0.3) is 0 Å². The second kappa shape index (κ2) is 6.34. The summed E-state index contributed by atoms with van der Waals surface area (Å²) in [6.45, 7) is 9.96. The third-order valence-corrected chi connectivity index (χ3v) is 3.40. The van der Waals surface area contributed by atoms with Gasteiger partial charge < -0.3 is 4.90 Å². The van der Waals surface area contributed by atoms with E-state index in [1.807, 2.05) is 6.20 Å². The molecule has 1 aliphatic heterocycles. The average molecular weight is 269 g/mol. The first-order valence-corrected chi connectivity index (χ1v) is 7.06. The van der Waals surface area contributed by atoms with Crippen LogP contribution in [-0.4, -0.2) is 47.6 Å². The fourth-order valence-corrected chi connectivity index (χ4v) is 2.42. The Morgan fingerprint density at radius 1 is 1.22 bits per heavy atom. The summed E-state index contributed by atoms with van der Waals surface area (Å²) in [5.41, 5.74) is 0.846. The zero-order valence-corrected chi connectivity index (χ0v) is 11.9. The predicted octanol–water partition coefficient (Wildman–Crippen LogP) is 1.99. The molecule has 0 N–H and O–H groups in total. The molecular weight excluding hydrogens is 248 g/mol. The topological polar surface area (TPSA) is 32.3 Å². The van der Waals surface area contributed by atoms with Crippen molar-refractivity contribution in [3.05, 3.63) is 18.1 Å². The molecule has 0 amide bonds. The normalized spacial score (nSPS) is 17.4. The van der Waals surface area contributed by atoms with Gasteiger partial charge in [-0.15, -0.1) is 11.6 Å². The molecule has 0 atom stereocenters. The van der Waals surface area contributed by atoms with Gasteiger partial charge in [0.05, 0.1) is 17.8 Å². The van der Waals surface area contributed by atoms with E-state index >= 15 is 0 Å². The van der Waals surface area contributed by atoms with Gasteiger partial charge in [0, 0.05) is 38.9 Å². The van der Waals surface area contributed by atoms with Gasteiger partial charge in [0.15, 0.2) is 0 Å². The summed E-state index contributed by atoms with van der Waals surface area (Å²) in [6.07, 6.45) is 3.56. The molecule has 1 saturated heterocycles. The number of nitrogens with zero attached hydrogens (tertiary/aromatic N) is 4. The quantitative estimate of drug-likeness (QED) is 0.782. The zero-order chi connectivity index (χ0) is 13.0. The first-order chi connectivity index (χ1) is 8.69. The Bertz CT molecular complexity index is 375. The molecule has 1 aliphatic rings. The second-order valence-electron chi connectivity index (χ2n) is 5.18. The summed E-state index contributed by atoms with van der Waals surface area (Å²) in [7, 11) is 0. The summed E-state index contributed by atoms with van der Waals surface area (Å²) >= 11 is 5.79. The molecular formula is C13H21ClN4. The van der Waals surface area contributed by atoms with Gasteiger partial charge >= 0.3 is 0 Å². The molecule has 0 bridgehead atoms. The van der Waals surface area contributed by atoms with Crippen molar-refractivity contribution >= 4 is 17.4 Å². The fourth-order valence-electron chi connectivity index (χ4n) is 2.29. The lowest BCUT2D eigenvalue weighted by molar-refractivity contribution is 0.231. The van der Waals surface area contributed by atoms with E-state index in [2.05, 4.69) is 33.6 Å². The lowest BCUT2D eigenvalue weighted by atomic mass is 10.2. The number of anilines is 1. The molecule has 5 heteroatoms. The summed E-state index contributed by atoms with van der Waals surface area (Å²) in [6, 6.07) is 0. The van der Waals surface area contributed by atoms with Gasteiger partial charge in [-0.2, -0.15) is 0 Å². The van der Waals surface area contributed by atoms with Crippen LogP contribution in [0.5, 0.6) is 0 Å². The molecule has 0 radical (unpaired) electrons. The highest BCUT2D eigenvalue weighted by molar-refractivity contribution is 6.16. The van der Waals surface area contributed by atoms with E-state index in [4.69, 9.17) is 11.6 Å². The molecule has 0 aliphatic carbocycles. The molecule has 4 nitrogen and oxygen atoms in total. The predicted molar refractivity (Wildman–Crippen MR) is 75.1 cm³/mol. The number of halogens is 1. The highest BCUT2D eigenvalue weighted by atomic mass is 35.5. The van der Waals surface area contributed by atoms with E-state index in [0.29, 0.717) is 5.88 Å². The van der Waals surface area contributed by atoms with E-state index in [9.17, 15) is 0 Å². The first-order valence-electron chi connectivity index (χ1n) is 6.53. The minimum Gasteiger partial charge on any atom is -0.353 e. The van der Waals surface area contributed by atoms with E-state index in [1.165, 1.54) is 6.54 Å². The third-order valence-electron chi connectivity index (χ3n) is 3.13. The van der Waals surface area contributed by atoms with Crippen LogP contribution in [0.4, 0.5) is 5.82 Å². The van der Waals surface area contributed by atoms with Crippen molar-refractivity contribution in [3.8, 4) is 0 Å². The Morgan fingerprint density at radius 2 is 1.94 bits per heavy atom. The molecule has 0 saturated carbocycles. The van der Waals surface area contributed by atoms with Crippen LogP contribution in [0.3, 0.4) is 0 Å². The van der Waals surface area contributed by atoms with Crippen molar-refractivity contribution in [3.63, 3.8) is 0 Å². The minimum atomic E-state index is 0.425. The van der Waals surface area contributed by atoms with Crippen LogP contribution < -0.4 is 4.90 Å². The number of rotatable bonds is 4. The third kappa shape index (κ3) is 3.56. The van der Waals surface area contributed by atoms with Crippen LogP contribution in [-0.2, 0) is 5.88 Å². The van der Waals surface area contributed by atoms with Crippen molar-refractivity contribution in [2.24, 2.45) is 5.92 Å².